The summed E-state index contributed by atoms with van der Waals surface area (Å²) in [6, 6.07) is 4.93. The molecule has 1 atom stereocenters. The summed E-state index contributed by atoms with van der Waals surface area (Å²) in [6.07, 6.45) is 1.55. The molecule has 0 saturated heterocycles. The summed E-state index contributed by atoms with van der Waals surface area (Å²) in [5.74, 6) is -0.632. The summed E-state index contributed by atoms with van der Waals surface area (Å²) in [6.45, 7) is 0.417. The molecule has 1 aromatic heterocycles. The van der Waals surface area contributed by atoms with Crippen molar-refractivity contribution in [1.29, 1.82) is 0 Å². The Bertz CT molecular complexity index is 616. The normalized spacial score (nSPS) is 12.6. The minimum atomic E-state index is -1.08. The molecule has 0 unspecified atom stereocenters. The summed E-state index contributed by atoms with van der Waals surface area (Å²) in [5, 5.41) is 4.14. The molecule has 0 aliphatic rings. The highest BCUT2D eigenvalue weighted by atomic mass is 32.2. The van der Waals surface area contributed by atoms with E-state index in [1.165, 1.54) is 10.7 Å². The molecular formula is C13H14F2N2O2S. The maximum Gasteiger partial charge on any atom is 0.151 e. The maximum atomic E-state index is 13.6. The lowest BCUT2D eigenvalue weighted by Gasteiger charge is -2.03. The molecule has 2 rings (SSSR count). The van der Waals surface area contributed by atoms with Crippen LogP contribution in [0.2, 0.25) is 0 Å². The van der Waals surface area contributed by atoms with Crippen LogP contribution in [-0.4, -0.2) is 33.5 Å². The van der Waals surface area contributed by atoms with Crippen molar-refractivity contribution >= 4 is 10.8 Å². The number of hydrogen-bond acceptors (Lipinski definition) is 3. The fourth-order valence-corrected chi connectivity index (χ4v) is 2.63. The zero-order valence-corrected chi connectivity index (χ0v) is 11.7. The largest absolute Gasteiger partial charge is 0.384 e. The summed E-state index contributed by atoms with van der Waals surface area (Å²) < 4.78 is 44.3. The molecule has 20 heavy (non-hydrogen) atoms. The van der Waals surface area contributed by atoms with Crippen LogP contribution in [0.5, 0.6) is 0 Å². The van der Waals surface area contributed by atoms with Gasteiger partial charge in [-0.2, -0.15) is 5.10 Å². The van der Waals surface area contributed by atoms with Crippen LogP contribution in [0.1, 0.15) is 5.69 Å². The van der Waals surface area contributed by atoms with E-state index in [1.807, 2.05) is 0 Å². The van der Waals surface area contributed by atoms with Crippen LogP contribution in [0.25, 0.3) is 5.69 Å². The van der Waals surface area contributed by atoms with Crippen LogP contribution in [0, 0.1) is 11.6 Å². The van der Waals surface area contributed by atoms with Gasteiger partial charge in [0.15, 0.2) is 5.82 Å². The lowest BCUT2D eigenvalue weighted by molar-refractivity contribution is 0.218. The third-order valence-electron chi connectivity index (χ3n) is 2.62. The fourth-order valence-electron chi connectivity index (χ4n) is 1.65. The van der Waals surface area contributed by atoms with Gasteiger partial charge < -0.3 is 4.74 Å². The van der Waals surface area contributed by atoms with E-state index in [0.29, 0.717) is 18.1 Å². The molecule has 7 heteroatoms. The minimum absolute atomic E-state index is 0.153. The smallest absolute Gasteiger partial charge is 0.151 e. The summed E-state index contributed by atoms with van der Waals surface area (Å²) in [7, 11) is 0.467. The quantitative estimate of drug-likeness (QED) is 0.820. The van der Waals surface area contributed by atoms with Crippen molar-refractivity contribution in [3.05, 3.63) is 47.8 Å². The first kappa shape index (κ1) is 14.8. The van der Waals surface area contributed by atoms with E-state index < -0.39 is 22.4 Å². The number of ether oxygens (including phenoxy) is 1. The fraction of sp³-hybridized carbons (Fsp3) is 0.308. The first-order chi connectivity index (χ1) is 9.60. The molecule has 0 amide bonds. The molecule has 4 nitrogen and oxygen atoms in total. The van der Waals surface area contributed by atoms with Gasteiger partial charge in [0, 0.05) is 35.9 Å². The number of hydrogen-bond donors (Lipinski definition) is 0. The summed E-state index contributed by atoms with van der Waals surface area (Å²) in [5.41, 5.74) is 0.739. The molecule has 0 spiro atoms. The molecule has 0 aliphatic heterocycles. The van der Waals surface area contributed by atoms with Gasteiger partial charge in [0.25, 0.3) is 0 Å². The van der Waals surface area contributed by atoms with Crippen molar-refractivity contribution in [2.45, 2.75) is 5.75 Å². The monoisotopic (exact) mass is 300 g/mol. The third kappa shape index (κ3) is 3.71. The second-order valence-electron chi connectivity index (χ2n) is 4.13. The first-order valence-corrected chi connectivity index (χ1v) is 7.43. The van der Waals surface area contributed by atoms with Gasteiger partial charge in [0.05, 0.1) is 18.1 Å². The Hall–Kier alpha value is -1.60. The van der Waals surface area contributed by atoms with Gasteiger partial charge in [0.1, 0.15) is 11.5 Å². The van der Waals surface area contributed by atoms with E-state index in [1.54, 1.807) is 19.4 Å². The molecule has 108 valence electrons. The first-order valence-electron chi connectivity index (χ1n) is 5.94. The third-order valence-corrected chi connectivity index (χ3v) is 3.86. The molecule has 0 radical (unpaired) electrons. The Morgan fingerprint density at radius 2 is 2.15 bits per heavy atom. The molecule has 2 aromatic rings. The Morgan fingerprint density at radius 1 is 1.35 bits per heavy atom. The second-order valence-corrected chi connectivity index (χ2v) is 5.71. The number of aromatic nitrogens is 2. The molecular weight excluding hydrogens is 286 g/mol. The Kier molecular flexibility index (Phi) is 4.97. The Labute approximate surface area is 117 Å². The highest BCUT2D eigenvalue weighted by Crippen LogP contribution is 2.14. The van der Waals surface area contributed by atoms with Crippen molar-refractivity contribution in [2.75, 3.05) is 19.5 Å². The number of methoxy groups -OCH3 is 1. The van der Waals surface area contributed by atoms with Crippen molar-refractivity contribution in [3.8, 4) is 5.69 Å². The van der Waals surface area contributed by atoms with Gasteiger partial charge in [-0.1, -0.05) is 0 Å². The van der Waals surface area contributed by atoms with E-state index in [9.17, 15) is 13.0 Å². The second kappa shape index (κ2) is 6.71. The number of rotatable bonds is 6. The van der Waals surface area contributed by atoms with Crippen molar-refractivity contribution in [2.24, 2.45) is 0 Å². The summed E-state index contributed by atoms with van der Waals surface area (Å²) >= 11 is 0. The van der Waals surface area contributed by atoms with Crippen LogP contribution in [0.15, 0.2) is 30.5 Å². The predicted molar refractivity (Wildman–Crippen MR) is 72.1 cm³/mol. The van der Waals surface area contributed by atoms with E-state index in [0.717, 1.165) is 12.1 Å². The molecule has 1 aromatic carbocycles. The average Bonchev–Trinajstić information content (AvgIpc) is 2.84. The minimum Gasteiger partial charge on any atom is -0.384 e. The molecule has 0 aliphatic carbocycles. The summed E-state index contributed by atoms with van der Waals surface area (Å²) in [4.78, 5) is 0. The SMILES string of the molecule is COCC[S@](=O)Cc1ccn(-c2ccc(F)cc2F)n1. The lowest BCUT2D eigenvalue weighted by Crippen LogP contribution is -2.07. The molecule has 0 fully saturated rings. The molecule has 0 bridgehead atoms. The van der Waals surface area contributed by atoms with Crippen molar-refractivity contribution < 1.29 is 17.7 Å². The Morgan fingerprint density at radius 3 is 2.85 bits per heavy atom. The molecule has 1 heterocycles. The lowest BCUT2D eigenvalue weighted by atomic mass is 10.3. The number of halogens is 2. The van der Waals surface area contributed by atoms with Crippen molar-refractivity contribution in [1.82, 2.24) is 9.78 Å². The van der Waals surface area contributed by atoms with Crippen molar-refractivity contribution in [3.63, 3.8) is 0 Å². The van der Waals surface area contributed by atoms with E-state index in [-0.39, 0.29) is 11.4 Å². The van der Waals surface area contributed by atoms with Crippen LogP contribution in [0.3, 0.4) is 0 Å². The van der Waals surface area contributed by atoms with Gasteiger partial charge in [0.2, 0.25) is 0 Å². The van der Waals surface area contributed by atoms with Gasteiger partial charge in [-0.3, -0.25) is 4.21 Å². The zero-order chi connectivity index (χ0) is 14.5. The van der Waals surface area contributed by atoms with Crippen LogP contribution in [-0.2, 0) is 21.3 Å². The average molecular weight is 300 g/mol. The van der Waals surface area contributed by atoms with Gasteiger partial charge in [-0.25, -0.2) is 13.5 Å². The standard InChI is InChI=1S/C13H14F2N2O2S/c1-19-6-7-20(18)9-11-4-5-17(16-11)13-3-2-10(14)8-12(13)15/h2-5,8H,6-7,9H2,1H3/t20-/m0/s1. The maximum absolute atomic E-state index is 13.6. The van der Waals surface area contributed by atoms with Crippen LogP contribution < -0.4 is 0 Å². The van der Waals surface area contributed by atoms with Gasteiger partial charge >= 0.3 is 0 Å². The predicted octanol–water partition coefficient (Wildman–Crippen LogP) is 2.05. The molecule has 0 N–H and O–H groups in total. The van der Waals surface area contributed by atoms with E-state index in [2.05, 4.69) is 5.10 Å². The van der Waals surface area contributed by atoms with Crippen LogP contribution >= 0.6 is 0 Å². The highest BCUT2D eigenvalue weighted by Gasteiger charge is 2.09. The zero-order valence-electron chi connectivity index (χ0n) is 10.9. The van der Waals surface area contributed by atoms with Gasteiger partial charge in [-0.15, -0.1) is 0 Å². The van der Waals surface area contributed by atoms with Gasteiger partial charge in [-0.05, 0) is 18.2 Å². The number of nitrogens with zero attached hydrogens (tertiary/aromatic N) is 2. The van der Waals surface area contributed by atoms with Crippen LogP contribution in [0.4, 0.5) is 8.78 Å². The number of benzene rings is 1. The topological polar surface area (TPSA) is 44.1 Å². The van der Waals surface area contributed by atoms with E-state index >= 15 is 0 Å². The van der Waals surface area contributed by atoms with E-state index in [4.69, 9.17) is 4.74 Å². The highest BCUT2D eigenvalue weighted by molar-refractivity contribution is 7.84. The molecule has 0 saturated carbocycles. The Balaban J connectivity index is 2.10.